The Morgan fingerprint density at radius 1 is 1.16 bits per heavy atom. The molecule has 0 spiro atoms. The van der Waals surface area contributed by atoms with E-state index in [2.05, 4.69) is 24.1 Å². The molecule has 0 aliphatic carbocycles. The minimum Gasteiger partial charge on any atom is -0.544 e. The lowest BCUT2D eigenvalue weighted by molar-refractivity contribution is -0.780. The number of carbonyl (C=O) groups excluding carboxylic acids is 1. The fraction of sp³-hybridized carbons (Fsp3) is 0.700. The van der Waals surface area contributed by atoms with Crippen molar-refractivity contribution in [2.24, 2.45) is 10.7 Å². The average Bonchev–Trinajstić information content (AvgIpc) is 2.94. The molecule has 142 valence electrons. The number of aliphatic carboxylic acids is 1. The van der Waals surface area contributed by atoms with Gasteiger partial charge in [-0.05, 0) is 12.8 Å². The first-order chi connectivity index (χ1) is 12.1. The number of rotatable bonds is 15. The predicted octanol–water partition coefficient (Wildman–Crippen LogP) is 2.87. The van der Waals surface area contributed by atoms with E-state index in [1.807, 2.05) is 6.20 Å². The Hall–Kier alpha value is -1.46. The lowest BCUT2D eigenvalue weighted by Crippen LogP contribution is -2.54. The fourth-order valence-corrected chi connectivity index (χ4v) is 3.27. The first-order valence-corrected chi connectivity index (χ1v) is 9.81. The quantitative estimate of drug-likeness (QED) is 0.280. The van der Waals surface area contributed by atoms with Gasteiger partial charge in [-0.3, -0.25) is 0 Å². The van der Waals surface area contributed by atoms with Crippen molar-refractivity contribution < 1.29 is 14.4 Å². The molecule has 5 nitrogen and oxygen atoms in total. The van der Waals surface area contributed by atoms with E-state index in [-0.39, 0.29) is 11.0 Å². The summed E-state index contributed by atoms with van der Waals surface area (Å²) in [5.74, 6) is -0.238. The zero-order valence-electron chi connectivity index (χ0n) is 15.8. The van der Waals surface area contributed by atoms with E-state index in [0.29, 0.717) is 19.5 Å². The maximum Gasteiger partial charge on any atom is 0.211 e. The summed E-state index contributed by atoms with van der Waals surface area (Å²) in [4.78, 5) is 15.4. The molecule has 25 heavy (non-hydrogen) atoms. The molecule has 1 heterocycles. The van der Waals surface area contributed by atoms with E-state index in [4.69, 9.17) is 5.73 Å². The Bertz CT molecular complexity index is 472. The number of unbranched alkanes of at least 4 members (excludes halogenated alkanes) is 8. The molecular formula is C20H35N3O2. The Morgan fingerprint density at radius 3 is 2.48 bits per heavy atom. The second-order valence-corrected chi connectivity index (χ2v) is 6.86. The lowest BCUT2D eigenvalue weighted by Gasteiger charge is -2.32. The summed E-state index contributed by atoms with van der Waals surface area (Å²) in [7, 11) is 0. The average molecular weight is 350 g/mol. The molecule has 0 aromatic heterocycles. The zero-order valence-corrected chi connectivity index (χ0v) is 15.8. The molecule has 0 aromatic rings. The number of aliphatic imine (C=N–C) groups is 1. The smallest absolute Gasteiger partial charge is 0.211 e. The van der Waals surface area contributed by atoms with E-state index in [1.54, 1.807) is 6.20 Å². The van der Waals surface area contributed by atoms with Crippen molar-refractivity contribution in [3.63, 3.8) is 0 Å². The number of nitrogens with zero attached hydrogens (tertiary/aromatic N) is 2. The van der Waals surface area contributed by atoms with Gasteiger partial charge in [0.05, 0.1) is 18.6 Å². The third-order valence-electron chi connectivity index (χ3n) is 4.72. The van der Waals surface area contributed by atoms with Gasteiger partial charge in [-0.25, -0.2) is 9.48 Å². The third kappa shape index (κ3) is 8.45. The summed E-state index contributed by atoms with van der Waals surface area (Å²) in [5.41, 5.74) is 5.66. The van der Waals surface area contributed by atoms with E-state index >= 15 is 0 Å². The fourth-order valence-electron chi connectivity index (χ4n) is 3.27. The molecule has 1 aliphatic rings. The molecule has 0 saturated heterocycles. The van der Waals surface area contributed by atoms with Crippen LogP contribution in [0.4, 0.5) is 0 Å². The van der Waals surface area contributed by atoms with Gasteiger partial charge in [0.25, 0.3) is 0 Å². The van der Waals surface area contributed by atoms with Crippen LogP contribution in [-0.2, 0) is 4.79 Å². The number of allylic oxidation sites excluding steroid dienone is 1. The van der Waals surface area contributed by atoms with Crippen LogP contribution in [0.5, 0.6) is 0 Å². The summed E-state index contributed by atoms with van der Waals surface area (Å²) in [6.07, 6.45) is 20.1. The van der Waals surface area contributed by atoms with Crippen LogP contribution in [0.1, 0.15) is 71.1 Å². The van der Waals surface area contributed by atoms with Gasteiger partial charge in [0.15, 0.2) is 0 Å². The van der Waals surface area contributed by atoms with Gasteiger partial charge in [0, 0.05) is 6.54 Å². The standard InChI is InChI=1S/C20H35N3O2/c1-2-3-4-5-6-7-8-9-10-11-12-13-19-22-15-17-23(19,16-14-21)18-20(24)25/h11-12,15,17H,2-10,13-14,16,18,21H2,1H3/b12-11+. The molecule has 2 N–H and O–H groups in total. The van der Waals surface area contributed by atoms with Crippen molar-refractivity contribution in [3.05, 3.63) is 24.6 Å². The van der Waals surface area contributed by atoms with E-state index < -0.39 is 5.97 Å². The number of nitrogens with two attached hydrogens (primary N) is 1. The van der Waals surface area contributed by atoms with Crippen LogP contribution in [0, 0.1) is 0 Å². The van der Waals surface area contributed by atoms with Gasteiger partial charge in [-0.1, -0.05) is 64.0 Å². The number of carboxylic acids is 1. The van der Waals surface area contributed by atoms with Gasteiger partial charge in [-0.15, -0.1) is 0 Å². The highest BCUT2D eigenvalue weighted by Gasteiger charge is 2.33. The number of quaternary nitrogens is 1. The molecule has 0 fully saturated rings. The van der Waals surface area contributed by atoms with Gasteiger partial charge in [-0.2, -0.15) is 0 Å². The van der Waals surface area contributed by atoms with Crippen LogP contribution >= 0.6 is 0 Å². The molecule has 1 rings (SSSR count). The monoisotopic (exact) mass is 349 g/mol. The molecule has 1 aliphatic heterocycles. The van der Waals surface area contributed by atoms with E-state index in [1.165, 1.54) is 51.4 Å². The summed E-state index contributed by atoms with van der Waals surface area (Å²) in [5, 5.41) is 11.1. The third-order valence-corrected chi connectivity index (χ3v) is 4.72. The number of carbonyl (C=O) groups is 1. The van der Waals surface area contributed by atoms with E-state index in [0.717, 1.165) is 12.3 Å². The van der Waals surface area contributed by atoms with Gasteiger partial charge in [0.1, 0.15) is 19.3 Å². The van der Waals surface area contributed by atoms with Crippen LogP contribution in [-0.4, -0.2) is 35.9 Å². The SMILES string of the molecule is CCCCCCCCCC/C=C/CC1=NC=C[N+]1(CCN)CC(=O)[O-]. The second-order valence-electron chi connectivity index (χ2n) is 6.86. The molecule has 0 radical (unpaired) electrons. The van der Waals surface area contributed by atoms with Gasteiger partial charge in [0.2, 0.25) is 5.84 Å². The van der Waals surface area contributed by atoms with Crippen molar-refractivity contribution in [1.82, 2.24) is 0 Å². The largest absolute Gasteiger partial charge is 0.544 e. The van der Waals surface area contributed by atoms with Crippen molar-refractivity contribution >= 4 is 11.8 Å². The summed E-state index contributed by atoms with van der Waals surface area (Å²) in [6, 6.07) is 0. The highest BCUT2D eigenvalue weighted by Crippen LogP contribution is 2.19. The predicted molar refractivity (Wildman–Crippen MR) is 102 cm³/mol. The second kappa shape index (κ2) is 12.8. The molecule has 0 aromatic carbocycles. The topological polar surface area (TPSA) is 78.5 Å². The van der Waals surface area contributed by atoms with Crippen molar-refractivity contribution in [3.8, 4) is 0 Å². The molecular weight excluding hydrogens is 314 g/mol. The summed E-state index contributed by atoms with van der Waals surface area (Å²) in [6.45, 7) is 3.10. The van der Waals surface area contributed by atoms with Crippen molar-refractivity contribution in [1.29, 1.82) is 0 Å². The van der Waals surface area contributed by atoms with Gasteiger partial charge < -0.3 is 15.6 Å². The minimum atomic E-state index is -1.07. The number of amidine groups is 1. The number of hydrogen-bond acceptors (Lipinski definition) is 4. The van der Waals surface area contributed by atoms with Gasteiger partial charge >= 0.3 is 0 Å². The zero-order chi connectivity index (χ0) is 18.4. The highest BCUT2D eigenvalue weighted by molar-refractivity contribution is 5.82. The highest BCUT2D eigenvalue weighted by atomic mass is 16.4. The van der Waals surface area contributed by atoms with E-state index in [9.17, 15) is 9.90 Å². The number of hydrogen-bond donors (Lipinski definition) is 1. The Kier molecular flexibility index (Phi) is 11.1. The molecule has 1 unspecified atom stereocenters. The maximum atomic E-state index is 11.1. The first kappa shape index (κ1) is 21.6. The van der Waals surface area contributed by atoms with Crippen LogP contribution in [0.2, 0.25) is 0 Å². The lowest BCUT2D eigenvalue weighted by atomic mass is 10.1. The Balaban J connectivity index is 2.23. The first-order valence-electron chi connectivity index (χ1n) is 9.81. The minimum absolute atomic E-state index is 0.0988. The summed E-state index contributed by atoms with van der Waals surface area (Å²) < 4.78 is 0.195. The molecule has 5 heteroatoms. The molecule has 0 bridgehead atoms. The van der Waals surface area contributed by atoms with Crippen LogP contribution in [0.15, 0.2) is 29.5 Å². The van der Waals surface area contributed by atoms with Crippen LogP contribution < -0.4 is 10.8 Å². The van der Waals surface area contributed by atoms with Crippen molar-refractivity contribution in [2.75, 3.05) is 19.6 Å². The van der Waals surface area contributed by atoms with Crippen molar-refractivity contribution in [2.45, 2.75) is 71.1 Å². The maximum absolute atomic E-state index is 11.1. The van der Waals surface area contributed by atoms with Crippen LogP contribution in [0.25, 0.3) is 0 Å². The normalized spacial score (nSPS) is 19.7. The Morgan fingerprint density at radius 2 is 1.84 bits per heavy atom. The molecule has 0 saturated carbocycles. The number of carboxylic acid groups (broad SMARTS) is 1. The molecule has 1 atom stereocenters. The Labute approximate surface area is 152 Å². The summed E-state index contributed by atoms with van der Waals surface area (Å²) >= 11 is 0. The van der Waals surface area contributed by atoms with Crippen LogP contribution in [0.3, 0.4) is 0 Å². The molecule has 0 amide bonds.